The molecule has 2 aliphatic heterocycles. The van der Waals surface area contributed by atoms with Gasteiger partial charge in [-0.15, -0.1) is 0 Å². The standard InChI is InChI=1S/C35H42N6O2S4/c1-22-9-23(2)17-40(16-22)34(44)46-20-32(42)38-30-7-5-26(12-28(30)14-36)11-27-6-8-31(29(13-27)15-37)39-33(43)21-47-35(45)41-18-24(3)10-25(4)19-41/h5-8,12-13,22-25H,9-11,16-21H2,1-4H3,(H,38,42)(H,39,43)/t22-,23-,24-,25+/m1/s1. The molecule has 8 nitrogen and oxygen atoms in total. The van der Waals surface area contributed by atoms with E-state index in [9.17, 15) is 20.1 Å². The Bertz CT molecular complexity index is 1450. The molecule has 2 aromatic carbocycles. The number of nitrogens with one attached hydrogen (secondary N) is 2. The van der Waals surface area contributed by atoms with Crippen molar-refractivity contribution in [3.05, 3.63) is 58.7 Å². The van der Waals surface area contributed by atoms with E-state index in [0.29, 0.717) is 52.6 Å². The number of thiocarbonyl (C=S) groups is 2. The Labute approximate surface area is 298 Å². The molecule has 2 amide bonds. The summed E-state index contributed by atoms with van der Waals surface area (Å²) >= 11 is 13.9. The van der Waals surface area contributed by atoms with Crippen molar-refractivity contribution in [2.24, 2.45) is 23.7 Å². The number of amides is 2. The highest BCUT2D eigenvalue weighted by Crippen LogP contribution is 2.27. The second kappa shape index (κ2) is 17.3. The average molecular weight is 707 g/mol. The van der Waals surface area contributed by atoms with Crippen LogP contribution in [0.3, 0.4) is 0 Å². The summed E-state index contributed by atoms with van der Waals surface area (Å²) in [5.41, 5.74) is 3.33. The fourth-order valence-corrected chi connectivity index (χ4v) is 8.44. The van der Waals surface area contributed by atoms with Crippen molar-refractivity contribution in [3.63, 3.8) is 0 Å². The van der Waals surface area contributed by atoms with Gasteiger partial charge in [0.05, 0.1) is 34.0 Å². The molecule has 2 fully saturated rings. The van der Waals surface area contributed by atoms with Gasteiger partial charge < -0.3 is 20.4 Å². The Morgan fingerprint density at radius 1 is 0.723 bits per heavy atom. The lowest BCUT2D eigenvalue weighted by Crippen LogP contribution is -2.41. The Morgan fingerprint density at radius 3 is 1.43 bits per heavy atom. The smallest absolute Gasteiger partial charge is 0.234 e. The third kappa shape index (κ3) is 10.9. The van der Waals surface area contributed by atoms with Crippen LogP contribution in [0.1, 0.15) is 62.8 Å². The van der Waals surface area contributed by atoms with Crippen LogP contribution in [0.25, 0.3) is 0 Å². The number of hydrogen-bond donors (Lipinski definition) is 2. The fourth-order valence-electron chi connectivity index (χ4n) is 6.48. The third-order valence-electron chi connectivity index (χ3n) is 8.27. The monoisotopic (exact) mass is 706 g/mol. The molecule has 0 aromatic heterocycles. The molecule has 0 spiro atoms. The van der Waals surface area contributed by atoms with E-state index in [1.807, 2.05) is 12.1 Å². The first kappa shape index (κ1) is 36.7. The summed E-state index contributed by atoms with van der Waals surface area (Å²) in [6.45, 7) is 12.6. The Morgan fingerprint density at radius 2 is 1.09 bits per heavy atom. The lowest BCUT2D eigenvalue weighted by molar-refractivity contribution is -0.114. The van der Waals surface area contributed by atoms with E-state index in [-0.39, 0.29) is 23.3 Å². The minimum absolute atomic E-state index is 0.174. The van der Waals surface area contributed by atoms with Crippen LogP contribution >= 0.6 is 48.0 Å². The summed E-state index contributed by atoms with van der Waals surface area (Å²) in [6.07, 6.45) is 2.85. The van der Waals surface area contributed by atoms with Gasteiger partial charge in [-0.25, -0.2) is 0 Å². The highest BCUT2D eigenvalue weighted by atomic mass is 32.2. The van der Waals surface area contributed by atoms with E-state index in [1.54, 1.807) is 24.3 Å². The number of likely N-dealkylation sites (tertiary alicyclic amines) is 2. The molecule has 0 unspecified atom stereocenters. The zero-order valence-corrected chi connectivity index (χ0v) is 30.6. The van der Waals surface area contributed by atoms with E-state index in [0.717, 1.165) is 45.9 Å². The maximum atomic E-state index is 12.7. The molecule has 47 heavy (non-hydrogen) atoms. The summed E-state index contributed by atoms with van der Waals surface area (Å²) in [6, 6.07) is 15.0. The van der Waals surface area contributed by atoms with Crippen molar-refractivity contribution in [2.45, 2.75) is 47.0 Å². The lowest BCUT2D eigenvalue weighted by atomic mass is 9.92. The molecule has 2 heterocycles. The highest BCUT2D eigenvalue weighted by Gasteiger charge is 2.25. The maximum absolute atomic E-state index is 12.7. The molecule has 2 aromatic rings. The van der Waals surface area contributed by atoms with Crippen LogP contribution in [0.5, 0.6) is 0 Å². The molecule has 0 aliphatic carbocycles. The quantitative estimate of drug-likeness (QED) is 0.282. The minimum Gasteiger partial charge on any atom is -0.357 e. The first-order valence-corrected chi connectivity index (χ1v) is 18.7. The predicted octanol–water partition coefficient (Wildman–Crippen LogP) is 6.89. The molecule has 4 rings (SSSR count). The zero-order chi connectivity index (χ0) is 34.1. The van der Waals surface area contributed by atoms with Crippen molar-refractivity contribution >= 4 is 79.8 Å². The molecule has 248 valence electrons. The molecule has 12 heteroatoms. The van der Waals surface area contributed by atoms with Gasteiger partial charge in [0.2, 0.25) is 11.8 Å². The number of benzene rings is 2. The molecule has 0 radical (unpaired) electrons. The number of rotatable bonds is 8. The number of carbonyl (C=O) groups is 2. The number of anilines is 2. The van der Waals surface area contributed by atoms with Crippen LogP contribution in [-0.4, -0.2) is 67.9 Å². The zero-order valence-electron chi connectivity index (χ0n) is 27.4. The SMILES string of the molecule is C[C@@H]1C[C@@H](C)CN(C(=S)SCC(=O)Nc2ccc(Cc3ccc(NC(=O)CSC(=S)N4C[C@H](C)C[C@H](C)C4)c(C#N)c3)cc2C#N)C1. The first-order valence-electron chi connectivity index (χ1n) is 15.9. The number of thioether (sulfide) groups is 2. The van der Waals surface area contributed by atoms with Gasteiger partial charge in [0.1, 0.15) is 20.8 Å². The van der Waals surface area contributed by atoms with E-state index in [1.165, 1.54) is 36.4 Å². The van der Waals surface area contributed by atoms with Crippen LogP contribution in [-0.2, 0) is 16.0 Å². The Balaban J connectivity index is 1.29. The van der Waals surface area contributed by atoms with Crippen LogP contribution in [0, 0.1) is 46.3 Å². The van der Waals surface area contributed by atoms with Gasteiger partial charge in [-0.2, -0.15) is 10.5 Å². The van der Waals surface area contributed by atoms with Crippen LogP contribution in [0.15, 0.2) is 36.4 Å². The van der Waals surface area contributed by atoms with Crippen molar-refractivity contribution in [1.82, 2.24) is 9.80 Å². The minimum atomic E-state index is -0.216. The summed E-state index contributed by atoms with van der Waals surface area (Å²) in [5, 5.41) is 25.3. The number of hydrogen-bond acceptors (Lipinski definition) is 8. The van der Waals surface area contributed by atoms with Crippen molar-refractivity contribution in [1.29, 1.82) is 10.5 Å². The lowest BCUT2D eigenvalue weighted by Gasteiger charge is -2.36. The van der Waals surface area contributed by atoms with E-state index < -0.39 is 0 Å². The Kier molecular flexibility index (Phi) is 13.5. The summed E-state index contributed by atoms with van der Waals surface area (Å²) in [7, 11) is 0. The van der Waals surface area contributed by atoms with E-state index in [4.69, 9.17) is 24.4 Å². The summed E-state index contributed by atoms with van der Waals surface area (Å²) < 4.78 is 1.47. The van der Waals surface area contributed by atoms with Gasteiger partial charge in [0.25, 0.3) is 0 Å². The second-order valence-corrected chi connectivity index (χ2v) is 16.3. The van der Waals surface area contributed by atoms with Crippen LogP contribution in [0.2, 0.25) is 0 Å². The van der Waals surface area contributed by atoms with Crippen molar-refractivity contribution in [3.8, 4) is 12.1 Å². The van der Waals surface area contributed by atoms with Gasteiger partial charge in [-0.1, -0.05) is 87.8 Å². The molecule has 0 bridgehead atoms. The maximum Gasteiger partial charge on any atom is 0.234 e. The van der Waals surface area contributed by atoms with Crippen LogP contribution < -0.4 is 10.6 Å². The topological polar surface area (TPSA) is 112 Å². The van der Waals surface area contributed by atoms with Gasteiger partial charge in [-0.3, -0.25) is 9.59 Å². The van der Waals surface area contributed by atoms with Gasteiger partial charge in [0, 0.05) is 26.2 Å². The van der Waals surface area contributed by atoms with Gasteiger partial charge in [0.15, 0.2) is 0 Å². The van der Waals surface area contributed by atoms with Crippen LogP contribution in [0.4, 0.5) is 11.4 Å². The van der Waals surface area contributed by atoms with Gasteiger partial charge >= 0.3 is 0 Å². The summed E-state index contributed by atoms with van der Waals surface area (Å²) in [5.74, 6) is 2.21. The average Bonchev–Trinajstić information content (AvgIpc) is 3.02. The molecular weight excluding hydrogens is 665 g/mol. The molecule has 2 aliphatic rings. The van der Waals surface area contributed by atoms with E-state index >= 15 is 0 Å². The molecule has 0 saturated carbocycles. The second-order valence-electron chi connectivity index (χ2n) is 13.1. The molecule has 2 N–H and O–H groups in total. The number of nitriles is 2. The highest BCUT2D eigenvalue weighted by molar-refractivity contribution is 8.23. The molecule has 4 atom stereocenters. The van der Waals surface area contributed by atoms with E-state index in [2.05, 4.69) is 60.3 Å². The van der Waals surface area contributed by atoms with Crippen molar-refractivity contribution < 1.29 is 9.59 Å². The normalized spacial score (nSPS) is 20.9. The van der Waals surface area contributed by atoms with Crippen molar-refractivity contribution in [2.75, 3.05) is 48.3 Å². The third-order valence-corrected chi connectivity index (χ3v) is 11.3. The number of piperidine rings is 2. The van der Waals surface area contributed by atoms with Gasteiger partial charge in [-0.05, 0) is 78.3 Å². The Hall–Kier alpha value is -3.16. The first-order chi connectivity index (χ1) is 22.4. The largest absolute Gasteiger partial charge is 0.357 e. The summed E-state index contributed by atoms with van der Waals surface area (Å²) in [4.78, 5) is 29.8. The fraction of sp³-hybridized carbons (Fsp3) is 0.486. The molecular formula is C35H42N6O2S4. The molecule has 2 saturated heterocycles. The number of nitrogens with zero attached hydrogens (tertiary/aromatic N) is 4. The number of carbonyl (C=O) groups excluding carboxylic acids is 2. The predicted molar refractivity (Wildman–Crippen MR) is 202 cm³/mol.